The average molecular weight is 294 g/mol. The van der Waals surface area contributed by atoms with Crippen LogP contribution in [0.1, 0.15) is 46.6 Å². The third-order valence-corrected chi connectivity index (χ3v) is 3.23. The number of rotatable bonds is 9. The number of nitrogens with one attached hydrogen (secondary N) is 1. The van der Waals surface area contributed by atoms with Gasteiger partial charge in [0.05, 0.1) is 0 Å². The average Bonchev–Trinajstić information content (AvgIpc) is 2.36. The summed E-state index contributed by atoms with van der Waals surface area (Å²) in [4.78, 5) is 2.31. The maximum Gasteiger partial charge on any atom is 0.125 e. The zero-order valence-corrected chi connectivity index (χ0v) is 14.2. The van der Waals surface area contributed by atoms with Gasteiger partial charge >= 0.3 is 0 Å². The summed E-state index contributed by atoms with van der Waals surface area (Å²) in [6.07, 6.45) is 1.09. The predicted octanol–water partition coefficient (Wildman–Crippen LogP) is 4.44. The molecule has 0 aromatic heterocycles. The smallest absolute Gasteiger partial charge is 0.125 e. The molecule has 0 heterocycles. The Kier molecular flexibility index (Phi) is 7.73. The van der Waals surface area contributed by atoms with E-state index in [9.17, 15) is 4.39 Å². The molecule has 0 unspecified atom stereocenters. The molecule has 21 heavy (non-hydrogen) atoms. The van der Waals surface area contributed by atoms with Gasteiger partial charge in [-0.1, -0.05) is 34.6 Å². The van der Waals surface area contributed by atoms with E-state index in [1.807, 2.05) is 0 Å². The van der Waals surface area contributed by atoms with Crippen molar-refractivity contribution < 1.29 is 4.39 Å². The van der Waals surface area contributed by atoms with Crippen molar-refractivity contribution >= 4 is 5.69 Å². The highest BCUT2D eigenvalue weighted by Crippen LogP contribution is 2.21. The summed E-state index contributed by atoms with van der Waals surface area (Å²) in [6.45, 7) is 14.6. The molecule has 1 rings (SSSR count). The van der Waals surface area contributed by atoms with E-state index in [0.29, 0.717) is 11.8 Å². The fourth-order valence-corrected chi connectivity index (χ4v) is 2.49. The van der Waals surface area contributed by atoms with E-state index in [2.05, 4.69) is 50.9 Å². The first kappa shape index (κ1) is 18.0. The van der Waals surface area contributed by atoms with E-state index in [1.54, 1.807) is 12.1 Å². The molecule has 0 bridgehead atoms. The second-order valence-electron chi connectivity index (χ2n) is 6.69. The summed E-state index contributed by atoms with van der Waals surface area (Å²) in [5.74, 6) is 0.987. The van der Waals surface area contributed by atoms with Crippen LogP contribution in [0.15, 0.2) is 18.2 Å². The summed E-state index contributed by atoms with van der Waals surface area (Å²) in [7, 11) is 0. The first-order chi connectivity index (χ1) is 9.92. The van der Waals surface area contributed by atoms with Gasteiger partial charge < -0.3 is 10.2 Å². The molecule has 0 amide bonds. The van der Waals surface area contributed by atoms with Crippen molar-refractivity contribution in [1.82, 2.24) is 5.32 Å². The van der Waals surface area contributed by atoms with Crippen LogP contribution in [0.2, 0.25) is 0 Å². The van der Waals surface area contributed by atoms with Gasteiger partial charge in [-0.05, 0) is 48.6 Å². The standard InChI is InChI=1S/C18H31FN2/c1-6-7-20-11-16-8-17(19)10-18(9-16)21(12-14(2)3)13-15(4)5/h8-10,14-15,20H,6-7,11-13H2,1-5H3. The minimum Gasteiger partial charge on any atom is -0.371 e. The van der Waals surface area contributed by atoms with E-state index >= 15 is 0 Å². The topological polar surface area (TPSA) is 15.3 Å². The van der Waals surface area contributed by atoms with Gasteiger partial charge in [-0.15, -0.1) is 0 Å². The monoisotopic (exact) mass is 294 g/mol. The lowest BCUT2D eigenvalue weighted by molar-refractivity contribution is 0.549. The number of hydrogen-bond donors (Lipinski definition) is 1. The maximum absolute atomic E-state index is 13.9. The van der Waals surface area contributed by atoms with Crippen LogP contribution < -0.4 is 10.2 Å². The summed E-state index contributed by atoms with van der Waals surface area (Å²) in [6, 6.07) is 5.42. The molecule has 1 N–H and O–H groups in total. The zero-order valence-electron chi connectivity index (χ0n) is 14.2. The van der Waals surface area contributed by atoms with Gasteiger partial charge in [0.25, 0.3) is 0 Å². The van der Waals surface area contributed by atoms with Crippen LogP contribution in [-0.2, 0) is 6.54 Å². The van der Waals surface area contributed by atoms with Gasteiger partial charge in [0.15, 0.2) is 0 Å². The fourth-order valence-electron chi connectivity index (χ4n) is 2.49. The maximum atomic E-state index is 13.9. The molecule has 0 fully saturated rings. The Bertz CT molecular complexity index is 406. The Morgan fingerprint density at radius 3 is 2.19 bits per heavy atom. The minimum absolute atomic E-state index is 0.140. The number of halogens is 1. The Hall–Kier alpha value is -1.09. The Labute approximate surface area is 129 Å². The Morgan fingerprint density at radius 1 is 1.05 bits per heavy atom. The third-order valence-electron chi connectivity index (χ3n) is 3.23. The van der Waals surface area contributed by atoms with Crippen molar-refractivity contribution in [3.63, 3.8) is 0 Å². The molecule has 0 saturated carbocycles. The van der Waals surface area contributed by atoms with Crippen LogP contribution >= 0.6 is 0 Å². The Morgan fingerprint density at radius 2 is 1.67 bits per heavy atom. The fraction of sp³-hybridized carbons (Fsp3) is 0.667. The molecule has 1 aromatic carbocycles. The molecular formula is C18H31FN2. The predicted molar refractivity (Wildman–Crippen MR) is 90.3 cm³/mol. The highest BCUT2D eigenvalue weighted by atomic mass is 19.1. The molecule has 1 aromatic rings. The van der Waals surface area contributed by atoms with Gasteiger partial charge in [0.2, 0.25) is 0 Å². The largest absolute Gasteiger partial charge is 0.371 e. The lowest BCUT2D eigenvalue weighted by Crippen LogP contribution is -2.31. The van der Waals surface area contributed by atoms with E-state index in [0.717, 1.165) is 43.9 Å². The quantitative estimate of drug-likeness (QED) is 0.677. The summed E-state index contributed by atoms with van der Waals surface area (Å²) < 4.78 is 13.9. The van der Waals surface area contributed by atoms with Gasteiger partial charge in [-0.25, -0.2) is 4.39 Å². The molecule has 0 aliphatic rings. The molecule has 3 heteroatoms. The van der Waals surface area contributed by atoms with Crippen LogP contribution in [0.25, 0.3) is 0 Å². The van der Waals surface area contributed by atoms with Crippen molar-refractivity contribution in [2.75, 3.05) is 24.5 Å². The van der Waals surface area contributed by atoms with Gasteiger partial charge in [-0.3, -0.25) is 0 Å². The first-order valence-corrected chi connectivity index (χ1v) is 8.17. The van der Waals surface area contributed by atoms with Gasteiger partial charge in [-0.2, -0.15) is 0 Å². The number of anilines is 1. The van der Waals surface area contributed by atoms with Gasteiger partial charge in [0.1, 0.15) is 5.82 Å². The highest BCUT2D eigenvalue weighted by Gasteiger charge is 2.12. The highest BCUT2D eigenvalue weighted by molar-refractivity contribution is 5.49. The summed E-state index contributed by atoms with van der Waals surface area (Å²) in [5, 5.41) is 3.34. The molecule has 0 spiro atoms. The Balaban J connectivity index is 2.90. The third kappa shape index (κ3) is 6.94. The molecule has 0 aliphatic carbocycles. The van der Waals surface area contributed by atoms with E-state index in [4.69, 9.17) is 0 Å². The molecule has 0 atom stereocenters. The SMILES string of the molecule is CCCNCc1cc(F)cc(N(CC(C)C)CC(C)C)c1. The second-order valence-corrected chi connectivity index (χ2v) is 6.69. The van der Waals surface area contributed by atoms with E-state index in [-0.39, 0.29) is 5.82 Å². The van der Waals surface area contributed by atoms with E-state index < -0.39 is 0 Å². The summed E-state index contributed by atoms with van der Waals surface area (Å²) in [5.41, 5.74) is 2.03. The molecule has 0 radical (unpaired) electrons. The molecule has 2 nitrogen and oxygen atoms in total. The number of benzene rings is 1. The molecular weight excluding hydrogens is 263 g/mol. The second kappa shape index (κ2) is 9.04. The van der Waals surface area contributed by atoms with Crippen LogP contribution in [0.5, 0.6) is 0 Å². The van der Waals surface area contributed by atoms with Crippen molar-refractivity contribution in [2.45, 2.75) is 47.6 Å². The lowest BCUT2D eigenvalue weighted by atomic mass is 10.1. The number of nitrogens with zero attached hydrogens (tertiary/aromatic N) is 1. The minimum atomic E-state index is -0.140. The van der Waals surface area contributed by atoms with Crippen molar-refractivity contribution in [2.24, 2.45) is 11.8 Å². The lowest BCUT2D eigenvalue weighted by Gasteiger charge is -2.29. The van der Waals surface area contributed by atoms with Crippen LogP contribution in [0.4, 0.5) is 10.1 Å². The van der Waals surface area contributed by atoms with Crippen LogP contribution in [0.3, 0.4) is 0 Å². The van der Waals surface area contributed by atoms with Crippen molar-refractivity contribution in [3.8, 4) is 0 Å². The summed E-state index contributed by atoms with van der Waals surface area (Å²) >= 11 is 0. The molecule has 0 saturated heterocycles. The van der Waals surface area contributed by atoms with Crippen molar-refractivity contribution in [1.29, 1.82) is 0 Å². The van der Waals surface area contributed by atoms with Crippen molar-refractivity contribution in [3.05, 3.63) is 29.6 Å². The van der Waals surface area contributed by atoms with Gasteiger partial charge in [0, 0.05) is 25.3 Å². The number of hydrogen-bond acceptors (Lipinski definition) is 2. The van der Waals surface area contributed by atoms with Crippen LogP contribution in [-0.4, -0.2) is 19.6 Å². The zero-order chi connectivity index (χ0) is 15.8. The first-order valence-electron chi connectivity index (χ1n) is 8.17. The van der Waals surface area contributed by atoms with Crippen LogP contribution in [0, 0.1) is 17.7 Å². The normalized spacial score (nSPS) is 11.4. The molecule has 120 valence electrons. The molecule has 0 aliphatic heterocycles. The van der Waals surface area contributed by atoms with E-state index in [1.165, 1.54) is 0 Å².